The zero-order valence-corrected chi connectivity index (χ0v) is 16.2. The third-order valence-electron chi connectivity index (χ3n) is 5.06. The molecule has 2 aromatic heterocycles. The van der Waals surface area contributed by atoms with Crippen molar-refractivity contribution in [1.29, 1.82) is 0 Å². The van der Waals surface area contributed by atoms with Gasteiger partial charge in [-0.1, -0.05) is 24.3 Å². The largest absolute Gasteiger partial charge is 0.439 e. The van der Waals surface area contributed by atoms with E-state index in [1.165, 1.54) is 5.56 Å². The van der Waals surface area contributed by atoms with Crippen LogP contribution in [0.1, 0.15) is 18.4 Å². The molecule has 1 amide bonds. The Balaban J connectivity index is 1.25. The Bertz CT molecular complexity index is 909. The first-order chi connectivity index (χ1) is 14.3. The predicted molar refractivity (Wildman–Crippen MR) is 112 cm³/mol. The predicted octanol–water partition coefficient (Wildman–Crippen LogP) is 4.12. The highest BCUT2D eigenvalue weighted by Gasteiger charge is 2.25. The van der Waals surface area contributed by atoms with Crippen LogP contribution >= 0.6 is 0 Å². The number of rotatable bonds is 6. The lowest BCUT2D eigenvalue weighted by atomic mass is 9.95. The third kappa shape index (κ3) is 5.39. The number of pyridine rings is 2. The summed E-state index contributed by atoms with van der Waals surface area (Å²) in [6.45, 7) is 2.71. The molecule has 1 aromatic carbocycles. The van der Waals surface area contributed by atoms with Gasteiger partial charge >= 0.3 is 0 Å². The Morgan fingerprint density at radius 2 is 1.86 bits per heavy atom. The van der Waals surface area contributed by atoms with Crippen LogP contribution in [-0.4, -0.2) is 33.9 Å². The fourth-order valence-corrected chi connectivity index (χ4v) is 3.47. The van der Waals surface area contributed by atoms with Crippen molar-refractivity contribution in [2.75, 3.05) is 18.4 Å². The number of benzene rings is 1. The summed E-state index contributed by atoms with van der Waals surface area (Å²) in [7, 11) is 0. The molecule has 0 atom stereocenters. The number of nitrogens with zero attached hydrogens (tertiary/aromatic N) is 3. The zero-order chi connectivity index (χ0) is 19.9. The van der Waals surface area contributed by atoms with Crippen LogP contribution in [0.3, 0.4) is 0 Å². The van der Waals surface area contributed by atoms with Gasteiger partial charge in [0.2, 0.25) is 11.8 Å². The van der Waals surface area contributed by atoms with Crippen LogP contribution in [-0.2, 0) is 11.3 Å². The van der Waals surface area contributed by atoms with Crippen LogP contribution in [0.5, 0.6) is 11.6 Å². The van der Waals surface area contributed by atoms with Crippen molar-refractivity contribution in [3.8, 4) is 11.6 Å². The average Bonchev–Trinajstić information content (AvgIpc) is 2.77. The van der Waals surface area contributed by atoms with Gasteiger partial charge in [0.25, 0.3) is 0 Å². The Labute approximate surface area is 170 Å². The number of ether oxygens (including phenoxy) is 1. The molecule has 3 heterocycles. The van der Waals surface area contributed by atoms with Crippen molar-refractivity contribution in [3.63, 3.8) is 0 Å². The fourth-order valence-electron chi connectivity index (χ4n) is 3.47. The highest BCUT2D eigenvalue weighted by Crippen LogP contribution is 2.23. The van der Waals surface area contributed by atoms with E-state index in [0.29, 0.717) is 11.6 Å². The summed E-state index contributed by atoms with van der Waals surface area (Å²) >= 11 is 0. The Kier molecular flexibility index (Phi) is 6.12. The molecule has 0 radical (unpaired) electrons. The Hall–Kier alpha value is -3.25. The monoisotopic (exact) mass is 388 g/mol. The van der Waals surface area contributed by atoms with Crippen molar-refractivity contribution in [2.24, 2.45) is 5.92 Å². The summed E-state index contributed by atoms with van der Waals surface area (Å²) in [5.74, 6) is 1.32. The molecule has 6 heteroatoms. The number of para-hydroxylation sites is 1. The van der Waals surface area contributed by atoms with Crippen LogP contribution in [0, 0.1) is 5.92 Å². The van der Waals surface area contributed by atoms with Crippen molar-refractivity contribution >= 4 is 11.6 Å². The zero-order valence-electron chi connectivity index (χ0n) is 16.2. The van der Waals surface area contributed by atoms with Crippen LogP contribution in [0.4, 0.5) is 5.69 Å². The van der Waals surface area contributed by atoms with Crippen LogP contribution < -0.4 is 10.1 Å². The van der Waals surface area contributed by atoms with Crippen molar-refractivity contribution in [2.45, 2.75) is 19.4 Å². The van der Waals surface area contributed by atoms with E-state index in [-0.39, 0.29) is 11.8 Å². The van der Waals surface area contributed by atoms with Gasteiger partial charge in [-0.3, -0.25) is 14.7 Å². The van der Waals surface area contributed by atoms with E-state index in [1.807, 2.05) is 48.7 Å². The number of hydrogen-bond donors (Lipinski definition) is 1. The molecular formula is C23H24N4O2. The molecular weight excluding hydrogens is 364 g/mol. The molecule has 0 spiro atoms. The minimum atomic E-state index is 0.0281. The van der Waals surface area contributed by atoms with Crippen LogP contribution in [0.2, 0.25) is 0 Å². The molecule has 6 nitrogen and oxygen atoms in total. The fraction of sp³-hybridized carbons (Fsp3) is 0.261. The van der Waals surface area contributed by atoms with E-state index in [1.54, 1.807) is 18.5 Å². The van der Waals surface area contributed by atoms with E-state index in [0.717, 1.165) is 38.2 Å². The maximum atomic E-state index is 12.6. The summed E-state index contributed by atoms with van der Waals surface area (Å²) in [5, 5.41) is 2.98. The number of carbonyl (C=O) groups is 1. The van der Waals surface area contributed by atoms with E-state index in [4.69, 9.17) is 4.74 Å². The second-order valence-electron chi connectivity index (χ2n) is 7.20. The number of carbonyl (C=O) groups excluding carboxylic acids is 1. The highest BCUT2D eigenvalue weighted by molar-refractivity contribution is 5.92. The topological polar surface area (TPSA) is 67.3 Å². The summed E-state index contributed by atoms with van der Waals surface area (Å²) in [6.07, 6.45) is 7.03. The number of aromatic nitrogens is 2. The number of amides is 1. The minimum Gasteiger partial charge on any atom is -0.439 e. The summed E-state index contributed by atoms with van der Waals surface area (Å²) < 4.78 is 5.68. The van der Waals surface area contributed by atoms with E-state index in [9.17, 15) is 4.79 Å². The van der Waals surface area contributed by atoms with Crippen molar-refractivity contribution in [1.82, 2.24) is 14.9 Å². The molecule has 1 N–H and O–H groups in total. The highest BCUT2D eigenvalue weighted by atomic mass is 16.5. The number of nitrogens with one attached hydrogen (secondary N) is 1. The molecule has 1 aliphatic heterocycles. The molecule has 1 aliphatic rings. The van der Waals surface area contributed by atoms with Crippen molar-refractivity contribution < 1.29 is 9.53 Å². The Morgan fingerprint density at radius 3 is 2.55 bits per heavy atom. The van der Waals surface area contributed by atoms with Gasteiger partial charge in [0.15, 0.2) is 0 Å². The van der Waals surface area contributed by atoms with Gasteiger partial charge < -0.3 is 10.1 Å². The second-order valence-corrected chi connectivity index (χ2v) is 7.20. The molecule has 0 aliphatic carbocycles. The smallest absolute Gasteiger partial charge is 0.227 e. The number of hydrogen-bond acceptors (Lipinski definition) is 5. The molecule has 0 saturated carbocycles. The summed E-state index contributed by atoms with van der Waals surface area (Å²) in [4.78, 5) is 23.4. The summed E-state index contributed by atoms with van der Waals surface area (Å²) in [5.41, 5.74) is 1.90. The van der Waals surface area contributed by atoms with Gasteiger partial charge in [0.1, 0.15) is 5.75 Å². The molecule has 1 fully saturated rings. The average molecular weight is 388 g/mol. The van der Waals surface area contributed by atoms with Gasteiger partial charge in [-0.25, -0.2) is 4.98 Å². The molecule has 3 aromatic rings. The van der Waals surface area contributed by atoms with E-state index < -0.39 is 0 Å². The van der Waals surface area contributed by atoms with Gasteiger partial charge in [-0.2, -0.15) is 0 Å². The molecule has 0 bridgehead atoms. The SMILES string of the molecule is O=C(Nc1ccc(Oc2ccccc2)nc1)C1CCN(Cc2cccnc2)CC1. The minimum absolute atomic E-state index is 0.0281. The van der Waals surface area contributed by atoms with Gasteiger partial charge in [-0.15, -0.1) is 0 Å². The van der Waals surface area contributed by atoms with Crippen LogP contribution in [0.25, 0.3) is 0 Å². The number of anilines is 1. The van der Waals surface area contributed by atoms with Crippen LogP contribution in [0.15, 0.2) is 73.2 Å². The maximum Gasteiger partial charge on any atom is 0.227 e. The van der Waals surface area contributed by atoms with Gasteiger partial charge in [-0.05, 0) is 55.8 Å². The summed E-state index contributed by atoms with van der Waals surface area (Å²) in [6, 6.07) is 17.1. The normalized spacial score (nSPS) is 15.0. The quantitative estimate of drug-likeness (QED) is 0.688. The first-order valence-electron chi connectivity index (χ1n) is 9.87. The van der Waals surface area contributed by atoms with E-state index in [2.05, 4.69) is 26.3 Å². The van der Waals surface area contributed by atoms with Crippen molar-refractivity contribution in [3.05, 3.63) is 78.8 Å². The number of likely N-dealkylation sites (tertiary alicyclic amines) is 1. The first kappa shape index (κ1) is 19.1. The first-order valence-corrected chi connectivity index (χ1v) is 9.87. The molecule has 1 saturated heterocycles. The number of piperidine rings is 1. The molecule has 148 valence electrons. The lowest BCUT2D eigenvalue weighted by Gasteiger charge is -2.31. The Morgan fingerprint density at radius 1 is 1.03 bits per heavy atom. The molecule has 29 heavy (non-hydrogen) atoms. The molecule has 0 unspecified atom stereocenters. The second kappa shape index (κ2) is 9.30. The standard InChI is InChI=1S/C23H24N4O2/c28-23(19-10-13-27(14-11-19)17-18-5-4-12-24-15-18)26-20-8-9-22(25-16-20)29-21-6-2-1-3-7-21/h1-9,12,15-16,19H,10-11,13-14,17H2,(H,26,28). The third-order valence-corrected chi connectivity index (χ3v) is 5.06. The molecule has 4 rings (SSSR count). The maximum absolute atomic E-state index is 12.6. The van der Waals surface area contributed by atoms with Gasteiger partial charge in [0.05, 0.1) is 11.9 Å². The lowest BCUT2D eigenvalue weighted by Crippen LogP contribution is -2.37. The lowest BCUT2D eigenvalue weighted by molar-refractivity contribution is -0.121. The van der Waals surface area contributed by atoms with E-state index >= 15 is 0 Å². The van der Waals surface area contributed by atoms with Gasteiger partial charge in [0, 0.05) is 30.9 Å².